The van der Waals surface area contributed by atoms with Crippen molar-refractivity contribution in [2.45, 2.75) is 37.8 Å². The predicted molar refractivity (Wildman–Crippen MR) is 50.6 cm³/mol. The van der Waals surface area contributed by atoms with Crippen LogP contribution in [0.5, 0.6) is 0 Å². The first-order valence-electron chi connectivity index (χ1n) is 5.28. The Morgan fingerprint density at radius 2 is 2.29 bits per heavy atom. The first kappa shape index (κ1) is 9.93. The zero-order valence-electron chi connectivity index (χ0n) is 8.28. The Balaban J connectivity index is 1.66. The molecule has 0 aromatic carbocycles. The molecule has 0 spiro atoms. The van der Waals surface area contributed by atoms with E-state index in [1.165, 1.54) is 12.8 Å². The normalized spacial score (nSPS) is 28.8. The topological polar surface area (TPSA) is 61.6 Å². The molecular formula is C10H17NO3. The summed E-state index contributed by atoms with van der Waals surface area (Å²) in [7, 11) is 0. The molecule has 4 heteroatoms. The third-order valence-corrected chi connectivity index (χ3v) is 2.82. The van der Waals surface area contributed by atoms with Gasteiger partial charge in [0.05, 0.1) is 19.6 Å². The Morgan fingerprint density at radius 1 is 1.50 bits per heavy atom. The smallest absolute Gasteiger partial charge is 0.307 e. The third kappa shape index (κ3) is 2.69. The molecule has 0 radical (unpaired) electrons. The molecule has 2 atom stereocenters. The summed E-state index contributed by atoms with van der Waals surface area (Å²) in [5, 5.41) is 0. The first-order valence-corrected chi connectivity index (χ1v) is 5.28. The Bertz CT molecular complexity index is 203. The van der Waals surface area contributed by atoms with Crippen molar-refractivity contribution in [1.82, 2.24) is 0 Å². The Kier molecular flexibility index (Phi) is 3.03. The molecule has 1 aliphatic carbocycles. The first-order chi connectivity index (χ1) is 6.75. The van der Waals surface area contributed by atoms with Gasteiger partial charge in [-0.2, -0.15) is 0 Å². The highest BCUT2D eigenvalue weighted by molar-refractivity contribution is 5.70. The third-order valence-electron chi connectivity index (χ3n) is 2.82. The quantitative estimate of drug-likeness (QED) is 0.668. The van der Waals surface area contributed by atoms with E-state index in [4.69, 9.17) is 15.2 Å². The van der Waals surface area contributed by atoms with Gasteiger partial charge in [0.15, 0.2) is 0 Å². The molecule has 1 saturated heterocycles. The minimum absolute atomic E-state index is 0.00446. The fourth-order valence-electron chi connectivity index (χ4n) is 1.72. The molecule has 4 nitrogen and oxygen atoms in total. The molecule has 1 heterocycles. The summed E-state index contributed by atoms with van der Waals surface area (Å²) < 4.78 is 10.3. The highest BCUT2D eigenvalue weighted by Gasteiger charge is 2.31. The fourth-order valence-corrected chi connectivity index (χ4v) is 1.72. The van der Waals surface area contributed by atoms with E-state index >= 15 is 0 Å². The van der Waals surface area contributed by atoms with Gasteiger partial charge in [0.2, 0.25) is 0 Å². The number of nitrogens with two attached hydrogens (primary N) is 1. The van der Waals surface area contributed by atoms with Crippen molar-refractivity contribution in [2.75, 3.05) is 13.2 Å². The Labute approximate surface area is 83.7 Å². The molecule has 2 unspecified atom stereocenters. The lowest BCUT2D eigenvalue weighted by Crippen LogP contribution is -2.29. The zero-order valence-corrected chi connectivity index (χ0v) is 8.28. The summed E-state index contributed by atoms with van der Waals surface area (Å²) in [6, 6.07) is 0.00446. The standard InChI is InChI=1S/C10H17NO3/c11-9(7-1-2-7)5-10(12)14-8-3-4-13-6-8/h7-9H,1-6,11H2. The molecule has 2 rings (SSSR count). The molecule has 1 saturated carbocycles. The van der Waals surface area contributed by atoms with Crippen LogP contribution in [0.15, 0.2) is 0 Å². The van der Waals surface area contributed by atoms with Gasteiger partial charge >= 0.3 is 5.97 Å². The van der Waals surface area contributed by atoms with E-state index in [9.17, 15) is 4.79 Å². The van der Waals surface area contributed by atoms with E-state index in [1.54, 1.807) is 0 Å². The van der Waals surface area contributed by atoms with Crippen molar-refractivity contribution >= 4 is 5.97 Å². The second kappa shape index (κ2) is 4.28. The van der Waals surface area contributed by atoms with Crippen LogP contribution in [0.25, 0.3) is 0 Å². The van der Waals surface area contributed by atoms with Crippen LogP contribution < -0.4 is 5.73 Å². The second-order valence-electron chi connectivity index (χ2n) is 4.18. The number of ether oxygens (including phenoxy) is 2. The molecule has 0 aromatic rings. The van der Waals surface area contributed by atoms with Gasteiger partial charge in [-0.1, -0.05) is 0 Å². The van der Waals surface area contributed by atoms with Crippen LogP contribution in [0.4, 0.5) is 0 Å². The minimum atomic E-state index is -0.167. The SMILES string of the molecule is NC(CC(=O)OC1CCOC1)C1CC1. The van der Waals surface area contributed by atoms with Gasteiger partial charge in [-0.3, -0.25) is 4.79 Å². The molecule has 2 fully saturated rings. The van der Waals surface area contributed by atoms with Crippen molar-refractivity contribution in [3.8, 4) is 0 Å². The van der Waals surface area contributed by atoms with Crippen molar-refractivity contribution in [2.24, 2.45) is 11.7 Å². The maximum Gasteiger partial charge on any atom is 0.307 e. The van der Waals surface area contributed by atoms with Crippen molar-refractivity contribution in [3.05, 3.63) is 0 Å². The van der Waals surface area contributed by atoms with Gasteiger partial charge < -0.3 is 15.2 Å². The molecular weight excluding hydrogens is 182 g/mol. The summed E-state index contributed by atoms with van der Waals surface area (Å²) in [6.07, 6.45) is 3.49. The Morgan fingerprint density at radius 3 is 2.86 bits per heavy atom. The van der Waals surface area contributed by atoms with Crippen LogP contribution in [0.2, 0.25) is 0 Å². The van der Waals surface area contributed by atoms with Gasteiger partial charge in [0.1, 0.15) is 6.10 Å². The van der Waals surface area contributed by atoms with E-state index in [0.29, 0.717) is 25.6 Å². The molecule has 0 amide bonds. The number of esters is 1. The largest absolute Gasteiger partial charge is 0.460 e. The van der Waals surface area contributed by atoms with Gasteiger partial charge in [-0.05, 0) is 18.8 Å². The summed E-state index contributed by atoms with van der Waals surface area (Å²) in [6.45, 7) is 1.25. The second-order valence-corrected chi connectivity index (χ2v) is 4.18. The molecule has 2 aliphatic rings. The average molecular weight is 199 g/mol. The van der Waals surface area contributed by atoms with Gasteiger partial charge in [-0.15, -0.1) is 0 Å². The molecule has 14 heavy (non-hydrogen) atoms. The van der Waals surface area contributed by atoms with Crippen LogP contribution >= 0.6 is 0 Å². The van der Waals surface area contributed by atoms with Gasteiger partial charge in [0, 0.05) is 12.5 Å². The molecule has 80 valence electrons. The summed E-state index contributed by atoms with van der Waals surface area (Å²) >= 11 is 0. The van der Waals surface area contributed by atoms with Crippen LogP contribution in [-0.4, -0.2) is 31.3 Å². The molecule has 0 bridgehead atoms. The highest BCUT2D eigenvalue weighted by Crippen LogP contribution is 2.32. The van der Waals surface area contributed by atoms with Crippen molar-refractivity contribution < 1.29 is 14.3 Å². The summed E-state index contributed by atoms with van der Waals surface area (Å²) in [5.41, 5.74) is 5.82. The van der Waals surface area contributed by atoms with Crippen LogP contribution in [0.3, 0.4) is 0 Å². The minimum Gasteiger partial charge on any atom is -0.460 e. The lowest BCUT2D eigenvalue weighted by atomic mass is 10.1. The Hall–Kier alpha value is -0.610. The van der Waals surface area contributed by atoms with Crippen molar-refractivity contribution in [1.29, 1.82) is 0 Å². The lowest BCUT2D eigenvalue weighted by Gasteiger charge is -2.13. The van der Waals surface area contributed by atoms with Crippen LogP contribution in [0, 0.1) is 5.92 Å². The molecule has 1 aliphatic heterocycles. The van der Waals surface area contributed by atoms with E-state index in [1.807, 2.05) is 0 Å². The maximum atomic E-state index is 11.4. The number of carbonyl (C=O) groups excluding carboxylic acids is 1. The highest BCUT2D eigenvalue weighted by atomic mass is 16.6. The van der Waals surface area contributed by atoms with Gasteiger partial charge in [0.25, 0.3) is 0 Å². The lowest BCUT2D eigenvalue weighted by molar-refractivity contribution is -0.149. The number of hydrogen-bond donors (Lipinski definition) is 1. The average Bonchev–Trinajstić information content (AvgIpc) is 2.87. The monoisotopic (exact) mass is 199 g/mol. The number of rotatable bonds is 4. The fraction of sp³-hybridized carbons (Fsp3) is 0.900. The van der Waals surface area contributed by atoms with Crippen molar-refractivity contribution in [3.63, 3.8) is 0 Å². The molecule has 2 N–H and O–H groups in total. The number of hydrogen-bond acceptors (Lipinski definition) is 4. The van der Waals surface area contributed by atoms with Crippen LogP contribution in [-0.2, 0) is 14.3 Å². The number of carbonyl (C=O) groups is 1. The van der Waals surface area contributed by atoms with E-state index < -0.39 is 0 Å². The van der Waals surface area contributed by atoms with E-state index in [0.717, 1.165) is 6.42 Å². The summed E-state index contributed by atoms with van der Waals surface area (Å²) in [5.74, 6) is 0.391. The zero-order chi connectivity index (χ0) is 9.97. The van der Waals surface area contributed by atoms with E-state index in [2.05, 4.69) is 0 Å². The predicted octanol–water partition coefficient (Wildman–Crippen LogP) is 0.446. The maximum absolute atomic E-state index is 11.4. The van der Waals surface area contributed by atoms with Crippen LogP contribution in [0.1, 0.15) is 25.7 Å². The van der Waals surface area contributed by atoms with E-state index in [-0.39, 0.29) is 18.1 Å². The summed E-state index contributed by atoms with van der Waals surface area (Å²) in [4.78, 5) is 11.4. The van der Waals surface area contributed by atoms with Gasteiger partial charge in [-0.25, -0.2) is 0 Å². The molecule has 0 aromatic heterocycles.